The molecule has 0 aliphatic heterocycles. The molecular weight excluding hydrogens is 132 g/mol. The summed E-state index contributed by atoms with van der Waals surface area (Å²) in [5.41, 5.74) is 0. The SMILES string of the molecule is CCOC[CH]CCSC. The summed E-state index contributed by atoms with van der Waals surface area (Å²) in [5, 5.41) is 0. The first kappa shape index (κ1) is 9.31. The van der Waals surface area contributed by atoms with E-state index in [1.807, 2.05) is 18.7 Å². The number of rotatable bonds is 6. The van der Waals surface area contributed by atoms with Crippen molar-refractivity contribution in [2.45, 2.75) is 13.3 Å². The van der Waals surface area contributed by atoms with Crippen LogP contribution < -0.4 is 0 Å². The zero-order valence-corrected chi connectivity index (χ0v) is 7.04. The molecule has 0 amide bonds. The van der Waals surface area contributed by atoms with E-state index in [4.69, 9.17) is 4.74 Å². The van der Waals surface area contributed by atoms with Crippen LogP contribution in [0.2, 0.25) is 0 Å². The number of unbranched alkanes of at least 4 members (excludes halogenated alkanes) is 1. The minimum atomic E-state index is 0.817. The van der Waals surface area contributed by atoms with Crippen LogP contribution in [0.5, 0.6) is 0 Å². The molecule has 0 bridgehead atoms. The van der Waals surface area contributed by atoms with Crippen molar-refractivity contribution < 1.29 is 4.74 Å². The van der Waals surface area contributed by atoms with Gasteiger partial charge >= 0.3 is 0 Å². The van der Waals surface area contributed by atoms with Crippen LogP contribution in [0.1, 0.15) is 13.3 Å². The third-order valence-electron chi connectivity index (χ3n) is 0.966. The minimum absolute atomic E-state index is 0.817. The molecule has 0 aliphatic carbocycles. The predicted octanol–water partition coefficient (Wildman–Crippen LogP) is 1.98. The smallest absolute Gasteiger partial charge is 0.0497 e. The first-order valence-corrected chi connectivity index (χ1v) is 4.69. The highest BCUT2D eigenvalue weighted by molar-refractivity contribution is 7.98. The van der Waals surface area contributed by atoms with E-state index in [0.29, 0.717) is 0 Å². The first-order valence-electron chi connectivity index (χ1n) is 3.30. The Kier molecular flexibility index (Phi) is 8.60. The summed E-state index contributed by atoms with van der Waals surface area (Å²) in [6.45, 7) is 3.66. The largest absolute Gasteiger partial charge is 0.381 e. The van der Waals surface area contributed by atoms with Gasteiger partial charge < -0.3 is 4.74 Å². The summed E-state index contributed by atoms with van der Waals surface area (Å²) >= 11 is 1.87. The molecule has 0 spiro atoms. The van der Waals surface area contributed by atoms with E-state index in [1.165, 1.54) is 12.2 Å². The van der Waals surface area contributed by atoms with Crippen LogP contribution in [0.25, 0.3) is 0 Å². The lowest BCUT2D eigenvalue weighted by atomic mass is 10.4. The van der Waals surface area contributed by atoms with Crippen molar-refractivity contribution in [2.24, 2.45) is 0 Å². The molecule has 55 valence electrons. The Balaban J connectivity index is 2.60. The molecule has 0 aromatic heterocycles. The molecule has 0 atom stereocenters. The van der Waals surface area contributed by atoms with E-state index in [1.54, 1.807) is 0 Å². The zero-order valence-electron chi connectivity index (χ0n) is 6.22. The molecule has 0 aliphatic rings. The third-order valence-corrected chi connectivity index (χ3v) is 1.61. The van der Waals surface area contributed by atoms with Gasteiger partial charge in [0.2, 0.25) is 0 Å². The average Bonchev–Trinajstić information content (AvgIpc) is 1.89. The van der Waals surface area contributed by atoms with E-state index in [0.717, 1.165) is 13.2 Å². The topological polar surface area (TPSA) is 9.23 Å². The molecule has 0 aromatic rings. The number of hydrogen-bond donors (Lipinski definition) is 0. The van der Waals surface area contributed by atoms with Gasteiger partial charge in [-0.15, -0.1) is 0 Å². The van der Waals surface area contributed by atoms with Gasteiger partial charge in [-0.3, -0.25) is 0 Å². The molecule has 0 unspecified atom stereocenters. The molecule has 1 nitrogen and oxygen atoms in total. The first-order chi connectivity index (χ1) is 4.41. The van der Waals surface area contributed by atoms with Crippen LogP contribution >= 0.6 is 11.8 Å². The molecule has 0 N–H and O–H groups in total. The Morgan fingerprint density at radius 2 is 2.33 bits per heavy atom. The van der Waals surface area contributed by atoms with Gasteiger partial charge in [-0.2, -0.15) is 11.8 Å². The second-order valence-corrected chi connectivity index (χ2v) is 2.72. The van der Waals surface area contributed by atoms with Crippen molar-refractivity contribution in [3.63, 3.8) is 0 Å². The van der Waals surface area contributed by atoms with E-state index in [-0.39, 0.29) is 0 Å². The molecule has 0 fully saturated rings. The van der Waals surface area contributed by atoms with Crippen molar-refractivity contribution in [1.29, 1.82) is 0 Å². The summed E-state index contributed by atoms with van der Waals surface area (Å²) in [5.74, 6) is 1.22. The number of hydrogen-bond acceptors (Lipinski definition) is 2. The van der Waals surface area contributed by atoms with Gasteiger partial charge in [0.05, 0.1) is 0 Å². The van der Waals surface area contributed by atoms with E-state index in [9.17, 15) is 0 Å². The monoisotopic (exact) mass is 147 g/mol. The maximum Gasteiger partial charge on any atom is 0.0497 e. The summed E-state index contributed by atoms with van der Waals surface area (Å²) in [4.78, 5) is 0. The predicted molar refractivity (Wildman–Crippen MR) is 43.8 cm³/mol. The lowest BCUT2D eigenvalue weighted by Crippen LogP contribution is -1.94. The summed E-state index contributed by atoms with van der Waals surface area (Å²) in [6.07, 6.45) is 5.47. The van der Waals surface area contributed by atoms with Gasteiger partial charge in [-0.25, -0.2) is 0 Å². The number of ether oxygens (including phenoxy) is 1. The van der Waals surface area contributed by atoms with Crippen molar-refractivity contribution in [2.75, 3.05) is 25.2 Å². The van der Waals surface area contributed by atoms with E-state index >= 15 is 0 Å². The molecule has 0 saturated carbocycles. The Hall–Kier alpha value is 0.310. The van der Waals surface area contributed by atoms with Gasteiger partial charge in [-0.05, 0) is 31.8 Å². The van der Waals surface area contributed by atoms with Crippen molar-refractivity contribution in [3.05, 3.63) is 6.42 Å². The fourth-order valence-corrected chi connectivity index (χ4v) is 0.888. The quantitative estimate of drug-likeness (QED) is 0.531. The lowest BCUT2D eigenvalue weighted by molar-refractivity contribution is 0.167. The van der Waals surface area contributed by atoms with E-state index in [2.05, 4.69) is 12.7 Å². The van der Waals surface area contributed by atoms with Crippen LogP contribution in [0.15, 0.2) is 0 Å². The number of thioether (sulfide) groups is 1. The third kappa shape index (κ3) is 8.31. The Bertz CT molecular complexity index is 42.2. The fourth-order valence-electron chi connectivity index (χ4n) is 0.486. The Labute approximate surface area is 62.2 Å². The molecule has 0 aromatic carbocycles. The summed E-state index contributed by atoms with van der Waals surface area (Å²) in [6, 6.07) is 0. The van der Waals surface area contributed by atoms with E-state index < -0.39 is 0 Å². The Morgan fingerprint density at radius 3 is 2.89 bits per heavy atom. The summed E-state index contributed by atoms with van der Waals surface area (Å²) in [7, 11) is 0. The molecule has 2 heteroatoms. The molecule has 0 saturated heterocycles. The van der Waals surface area contributed by atoms with Crippen molar-refractivity contribution >= 4 is 11.8 Å². The normalized spacial score (nSPS) is 10.0. The highest BCUT2D eigenvalue weighted by Crippen LogP contribution is 1.97. The van der Waals surface area contributed by atoms with Crippen molar-refractivity contribution in [3.8, 4) is 0 Å². The molecule has 0 heterocycles. The van der Waals surface area contributed by atoms with Gasteiger partial charge in [0, 0.05) is 13.2 Å². The molecular formula is C7H15OS. The standard InChI is InChI=1S/C7H15OS/c1-3-8-6-4-5-7-9-2/h4H,3,5-7H2,1-2H3. The molecule has 1 radical (unpaired) electrons. The highest BCUT2D eigenvalue weighted by atomic mass is 32.2. The highest BCUT2D eigenvalue weighted by Gasteiger charge is 1.85. The van der Waals surface area contributed by atoms with Crippen LogP contribution in [-0.4, -0.2) is 25.2 Å². The lowest BCUT2D eigenvalue weighted by Gasteiger charge is -1.97. The second kappa shape index (κ2) is 8.31. The van der Waals surface area contributed by atoms with Crippen LogP contribution in [0.3, 0.4) is 0 Å². The Morgan fingerprint density at radius 1 is 1.56 bits per heavy atom. The van der Waals surface area contributed by atoms with Crippen LogP contribution in [-0.2, 0) is 4.74 Å². The van der Waals surface area contributed by atoms with Gasteiger partial charge in [0.25, 0.3) is 0 Å². The van der Waals surface area contributed by atoms with Gasteiger partial charge in [-0.1, -0.05) is 0 Å². The van der Waals surface area contributed by atoms with Gasteiger partial charge in [0.1, 0.15) is 0 Å². The zero-order chi connectivity index (χ0) is 6.95. The van der Waals surface area contributed by atoms with Crippen molar-refractivity contribution in [1.82, 2.24) is 0 Å². The summed E-state index contributed by atoms with van der Waals surface area (Å²) < 4.78 is 5.12. The second-order valence-electron chi connectivity index (χ2n) is 1.73. The average molecular weight is 147 g/mol. The maximum atomic E-state index is 5.12. The molecule has 0 rings (SSSR count). The fraction of sp³-hybridized carbons (Fsp3) is 0.857. The van der Waals surface area contributed by atoms with Crippen LogP contribution in [0, 0.1) is 6.42 Å². The van der Waals surface area contributed by atoms with Crippen LogP contribution in [0.4, 0.5) is 0 Å². The maximum absolute atomic E-state index is 5.12. The minimum Gasteiger partial charge on any atom is -0.381 e. The van der Waals surface area contributed by atoms with Gasteiger partial charge in [0.15, 0.2) is 0 Å². The molecule has 9 heavy (non-hydrogen) atoms.